The van der Waals surface area contributed by atoms with Gasteiger partial charge in [0.1, 0.15) is 5.75 Å². The monoisotopic (exact) mass is 522 g/mol. The number of carbonyl (C=O) groups excluding carboxylic acids is 2. The van der Waals surface area contributed by atoms with Crippen molar-refractivity contribution in [2.45, 2.75) is 31.7 Å². The van der Waals surface area contributed by atoms with Crippen molar-refractivity contribution in [3.05, 3.63) is 82.9 Å². The van der Waals surface area contributed by atoms with Gasteiger partial charge < -0.3 is 20.7 Å². The zero-order valence-corrected chi connectivity index (χ0v) is 21.6. The summed E-state index contributed by atoms with van der Waals surface area (Å²) in [5.74, 6) is 0.239. The second-order valence-electron chi connectivity index (χ2n) is 8.80. The van der Waals surface area contributed by atoms with Crippen LogP contribution >= 0.6 is 0 Å². The number of para-hydroxylation sites is 1. The van der Waals surface area contributed by atoms with E-state index < -0.39 is 15.9 Å². The largest absolute Gasteiger partial charge is 0.493 e. The van der Waals surface area contributed by atoms with Gasteiger partial charge >= 0.3 is 0 Å². The van der Waals surface area contributed by atoms with Gasteiger partial charge in [0.2, 0.25) is 5.91 Å². The number of benzene rings is 3. The lowest BCUT2D eigenvalue weighted by molar-refractivity contribution is -0.118. The number of aryl methyl sites for hydroxylation is 1. The Morgan fingerprint density at radius 1 is 0.973 bits per heavy atom. The lowest BCUT2D eigenvalue weighted by Gasteiger charge is -2.15. The average Bonchev–Trinajstić information content (AvgIpc) is 3.34. The first-order valence-electron chi connectivity index (χ1n) is 12.0. The van der Waals surface area contributed by atoms with E-state index in [0.717, 1.165) is 28.9 Å². The fraction of sp³-hybridized carbons (Fsp3) is 0.259. The van der Waals surface area contributed by atoms with E-state index in [0.29, 0.717) is 24.5 Å². The van der Waals surface area contributed by atoms with Gasteiger partial charge in [0.15, 0.2) is 0 Å². The smallest absolute Gasteiger partial charge is 0.262 e. The van der Waals surface area contributed by atoms with Crippen molar-refractivity contribution in [2.24, 2.45) is 0 Å². The Labute approximate surface area is 216 Å². The standard InChI is InChI=1S/C27H30N4O5S/c1-18-5-3-4-6-25(18)31-37(34,35)24-15-22(27(33)29-11-10-28-19(2)32)14-23(16-24)30-17-20-7-8-26-21(13-20)9-12-36-26/h3-8,13-16,30-31H,9-12,17H2,1-2H3,(H,28,32)(H,29,33). The van der Waals surface area contributed by atoms with E-state index in [9.17, 15) is 18.0 Å². The normalized spacial score (nSPS) is 12.3. The molecule has 0 spiro atoms. The highest BCUT2D eigenvalue weighted by molar-refractivity contribution is 7.92. The molecular formula is C27H30N4O5S. The van der Waals surface area contributed by atoms with Crippen LogP contribution in [0.2, 0.25) is 0 Å². The molecule has 4 N–H and O–H groups in total. The van der Waals surface area contributed by atoms with Crippen molar-refractivity contribution in [3.8, 4) is 5.75 Å². The highest BCUT2D eigenvalue weighted by Gasteiger charge is 2.20. The minimum atomic E-state index is -3.99. The molecule has 2 amide bonds. The zero-order chi connectivity index (χ0) is 26.4. The number of amides is 2. The number of sulfonamides is 1. The van der Waals surface area contributed by atoms with Crippen LogP contribution < -0.4 is 25.4 Å². The summed E-state index contributed by atoms with van der Waals surface area (Å²) in [5.41, 5.74) is 4.05. The number of rotatable bonds is 10. The Morgan fingerprint density at radius 2 is 1.76 bits per heavy atom. The summed E-state index contributed by atoms with van der Waals surface area (Å²) in [6, 6.07) is 17.5. The lowest BCUT2D eigenvalue weighted by Crippen LogP contribution is -2.33. The summed E-state index contributed by atoms with van der Waals surface area (Å²) in [5, 5.41) is 8.57. The molecule has 194 valence electrons. The van der Waals surface area contributed by atoms with Crippen LogP contribution in [0.25, 0.3) is 0 Å². The molecule has 9 nitrogen and oxygen atoms in total. The quantitative estimate of drug-likeness (QED) is 0.303. The van der Waals surface area contributed by atoms with Gasteiger partial charge in [-0.25, -0.2) is 8.42 Å². The Hall–Kier alpha value is -4.05. The van der Waals surface area contributed by atoms with E-state index in [-0.39, 0.29) is 29.5 Å². The fourth-order valence-electron chi connectivity index (χ4n) is 3.95. The van der Waals surface area contributed by atoms with E-state index in [2.05, 4.69) is 26.7 Å². The molecule has 0 atom stereocenters. The maximum absolute atomic E-state index is 13.3. The molecule has 1 aliphatic heterocycles. The van der Waals surface area contributed by atoms with Crippen LogP contribution in [0.3, 0.4) is 0 Å². The summed E-state index contributed by atoms with van der Waals surface area (Å²) in [6.45, 7) is 4.78. The minimum absolute atomic E-state index is 0.0462. The molecule has 0 aliphatic carbocycles. The first-order valence-corrected chi connectivity index (χ1v) is 13.4. The number of hydrogen-bond acceptors (Lipinski definition) is 6. The van der Waals surface area contributed by atoms with E-state index in [1.54, 1.807) is 18.2 Å². The van der Waals surface area contributed by atoms with Gasteiger partial charge in [-0.05, 0) is 53.9 Å². The summed E-state index contributed by atoms with van der Waals surface area (Å²) in [4.78, 5) is 23.9. The maximum atomic E-state index is 13.3. The van der Waals surface area contributed by atoms with Crippen LogP contribution in [-0.2, 0) is 27.8 Å². The molecule has 0 unspecified atom stereocenters. The van der Waals surface area contributed by atoms with Gasteiger partial charge in [-0.1, -0.05) is 30.3 Å². The van der Waals surface area contributed by atoms with Crippen LogP contribution in [0.4, 0.5) is 11.4 Å². The number of fused-ring (bicyclic) bond motifs is 1. The second kappa shape index (κ2) is 11.3. The van der Waals surface area contributed by atoms with Crippen LogP contribution in [-0.4, -0.2) is 39.9 Å². The van der Waals surface area contributed by atoms with Crippen molar-refractivity contribution >= 4 is 33.2 Å². The molecule has 1 aliphatic rings. The molecule has 0 aromatic heterocycles. The number of hydrogen-bond donors (Lipinski definition) is 4. The average molecular weight is 523 g/mol. The van der Waals surface area contributed by atoms with Gasteiger partial charge in [0, 0.05) is 44.2 Å². The predicted molar refractivity (Wildman–Crippen MR) is 142 cm³/mol. The molecule has 0 saturated carbocycles. The van der Waals surface area contributed by atoms with Gasteiger partial charge in [-0.15, -0.1) is 0 Å². The molecular weight excluding hydrogens is 492 g/mol. The van der Waals surface area contributed by atoms with Crippen LogP contribution in [0, 0.1) is 6.92 Å². The third kappa shape index (κ3) is 6.79. The maximum Gasteiger partial charge on any atom is 0.262 e. The van der Waals surface area contributed by atoms with Gasteiger partial charge in [-0.2, -0.15) is 0 Å². The highest BCUT2D eigenvalue weighted by atomic mass is 32.2. The van der Waals surface area contributed by atoms with Crippen molar-refractivity contribution in [3.63, 3.8) is 0 Å². The Morgan fingerprint density at radius 3 is 2.54 bits per heavy atom. The van der Waals surface area contributed by atoms with Crippen molar-refractivity contribution in [1.82, 2.24) is 10.6 Å². The predicted octanol–water partition coefficient (Wildman–Crippen LogP) is 3.21. The number of carbonyl (C=O) groups is 2. The van der Waals surface area contributed by atoms with Crippen LogP contribution in [0.5, 0.6) is 5.75 Å². The van der Waals surface area contributed by atoms with Crippen molar-refractivity contribution < 1.29 is 22.7 Å². The molecule has 4 rings (SSSR count). The molecule has 3 aromatic carbocycles. The molecule has 0 fully saturated rings. The number of anilines is 2. The van der Waals surface area contributed by atoms with E-state index in [1.807, 2.05) is 31.2 Å². The first kappa shape index (κ1) is 26.0. The topological polar surface area (TPSA) is 126 Å². The number of ether oxygens (including phenoxy) is 1. The zero-order valence-electron chi connectivity index (χ0n) is 20.8. The van der Waals surface area contributed by atoms with Gasteiger partial charge in [-0.3, -0.25) is 14.3 Å². The minimum Gasteiger partial charge on any atom is -0.493 e. The third-order valence-electron chi connectivity index (χ3n) is 5.90. The van der Waals surface area contributed by atoms with Crippen LogP contribution in [0.1, 0.15) is 34.0 Å². The SMILES string of the molecule is CC(=O)NCCNC(=O)c1cc(NCc2ccc3c(c2)CCO3)cc(S(=O)(=O)Nc2ccccc2C)c1. The Kier molecular flexibility index (Phi) is 7.98. The fourth-order valence-corrected chi connectivity index (χ4v) is 5.15. The summed E-state index contributed by atoms with van der Waals surface area (Å²) in [7, 11) is -3.99. The Bertz CT molecular complexity index is 1420. The molecule has 0 saturated heterocycles. The van der Waals surface area contributed by atoms with Crippen molar-refractivity contribution in [2.75, 3.05) is 29.7 Å². The molecule has 0 radical (unpaired) electrons. The number of nitrogens with one attached hydrogen (secondary N) is 4. The molecule has 37 heavy (non-hydrogen) atoms. The lowest BCUT2D eigenvalue weighted by atomic mass is 10.1. The van der Waals surface area contributed by atoms with Gasteiger partial charge in [0.25, 0.3) is 15.9 Å². The summed E-state index contributed by atoms with van der Waals surface area (Å²) < 4.78 is 34.7. The van der Waals surface area contributed by atoms with Crippen LogP contribution in [0.15, 0.2) is 65.6 Å². The van der Waals surface area contributed by atoms with Crippen molar-refractivity contribution in [1.29, 1.82) is 0 Å². The second-order valence-corrected chi connectivity index (χ2v) is 10.5. The highest BCUT2D eigenvalue weighted by Crippen LogP contribution is 2.27. The summed E-state index contributed by atoms with van der Waals surface area (Å²) >= 11 is 0. The van der Waals surface area contributed by atoms with E-state index >= 15 is 0 Å². The molecule has 3 aromatic rings. The summed E-state index contributed by atoms with van der Waals surface area (Å²) in [6.07, 6.45) is 0.851. The molecule has 10 heteroatoms. The van der Waals surface area contributed by atoms with Gasteiger partial charge in [0.05, 0.1) is 17.2 Å². The van der Waals surface area contributed by atoms with E-state index in [4.69, 9.17) is 4.74 Å². The molecule has 0 bridgehead atoms. The third-order valence-corrected chi connectivity index (χ3v) is 7.25. The first-order chi connectivity index (χ1) is 17.7. The van der Waals surface area contributed by atoms with E-state index in [1.165, 1.54) is 19.1 Å². The molecule has 1 heterocycles. The Balaban J connectivity index is 1.58.